The Morgan fingerprint density at radius 3 is 2.68 bits per heavy atom. The molecule has 0 bridgehead atoms. The van der Waals surface area contributed by atoms with Crippen LogP contribution in [-0.4, -0.2) is 46.9 Å². The Kier molecular flexibility index (Phi) is 6.98. The monoisotopic (exact) mass is 604 g/mol. The average molecular weight is 605 g/mol. The van der Waals surface area contributed by atoms with E-state index in [1.807, 2.05) is 61.5 Å². The molecule has 3 aliphatic rings. The minimum absolute atomic E-state index is 0.174. The highest BCUT2D eigenvalue weighted by atomic mass is 32.1. The Morgan fingerprint density at radius 2 is 1.93 bits per heavy atom. The number of pyridine rings is 1. The maximum atomic E-state index is 13.6. The van der Waals surface area contributed by atoms with Crippen LogP contribution in [0.3, 0.4) is 0 Å². The zero-order valence-electron chi connectivity index (χ0n) is 23.9. The second-order valence-corrected chi connectivity index (χ2v) is 12.2. The quantitative estimate of drug-likeness (QED) is 0.189. The molecule has 2 aliphatic heterocycles. The van der Waals surface area contributed by atoms with Gasteiger partial charge in [0.25, 0.3) is 11.8 Å². The predicted octanol–water partition coefficient (Wildman–Crippen LogP) is 6.27. The summed E-state index contributed by atoms with van der Waals surface area (Å²) >= 11 is 1.21. The zero-order valence-corrected chi connectivity index (χ0v) is 24.7. The molecule has 0 spiro atoms. The van der Waals surface area contributed by atoms with Crippen LogP contribution in [0.4, 0.5) is 21.9 Å². The fourth-order valence-corrected chi connectivity index (χ4v) is 6.71. The highest BCUT2D eigenvalue weighted by molar-refractivity contribution is 7.21. The van der Waals surface area contributed by atoms with Gasteiger partial charge in [-0.1, -0.05) is 24.3 Å². The third kappa shape index (κ3) is 5.14. The van der Waals surface area contributed by atoms with Gasteiger partial charge in [0.15, 0.2) is 0 Å². The van der Waals surface area contributed by atoms with Crippen LogP contribution in [0.5, 0.6) is 11.5 Å². The summed E-state index contributed by atoms with van der Waals surface area (Å²) in [5, 5.41) is 16.1. The van der Waals surface area contributed by atoms with Crippen molar-refractivity contribution in [1.29, 1.82) is 5.26 Å². The lowest BCUT2D eigenvalue weighted by molar-refractivity contribution is -0.125. The summed E-state index contributed by atoms with van der Waals surface area (Å²) in [5.41, 5.74) is 2.75. The van der Waals surface area contributed by atoms with Gasteiger partial charge in [-0.05, 0) is 74.1 Å². The molecule has 2 N–H and O–H groups in total. The molecule has 2 fully saturated rings. The molecule has 4 heterocycles. The number of hydrogen-bond donors (Lipinski definition) is 2. The van der Waals surface area contributed by atoms with Gasteiger partial charge in [0, 0.05) is 25.3 Å². The van der Waals surface area contributed by atoms with Crippen molar-refractivity contribution in [3.8, 4) is 17.6 Å². The normalized spacial score (nSPS) is 17.8. The number of amides is 4. The number of aryl methyl sites for hydroxylation is 1. The Bertz CT molecular complexity index is 1890. The molecule has 4 aromatic rings. The first-order valence-corrected chi connectivity index (χ1v) is 15.3. The topological polar surface area (TPSA) is 128 Å². The van der Waals surface area contributed by atoms with Crippen LogP contribution in [0.2, 0.25) is 0 Å². The number of nitrogens with zero attached hydrogens (tertiary/aromatic N) is 4. The van der Waals surface area contributed by atoms with Gasteiger partial charge in [0.05, 0.1) is 22.4 Å². The zero-order chi connectivity index (χ0) is 30.4. The summed E-state index contributed by atoms with van der Waals surface area (Å²) in [5.74, 6) is 1.06. The SMILES string of the molecule is Cc1cc(Oc2ccccc2)ccc1N1C(=O)Nc2c(C(=O)NC3CCN(C(=O)C(C#N)=CC4CC4)C3)sc3nccc1c23. The van der Waals surface area contributed by atoms with Crippen molar-refractivity contribution in [2.45, 2.75) is 32.2 Å². The first-order chi connectivity index (χ1) is 21.4. The number of likely N-dealkylation sites (tertiary alicyclic amines) is 1. The predicted molar refractivity (Wildman–Crippen MR) is 167 cm³/mol. The molecule has 11 heteroatoms. The van der Waals surface area contributed by atoms with E-state index in [0.29, 0.717) is 69.1 Å². The van der Waals surface area contributed by atoms with Crippen LogP contribution in [0.1, 0.15) is 34.5 Å². The van der Waals surface area contributed by atoms with Crippen LogP contribution >= 0.6 is 11.3 Å². The van der Waals surface area contributed by atoms with Crippen molar-refractivity contribution in [3.63, 3.8) is 0 Å². The number of carbonyl (C=O) groups is 3. The van der Waals surface area contributed by atoms with Crippen molar-refractivity contribution in [2.24, 2.45) is 5.92 Å². The molecule has 2 aromatic heterocycles. The molecule has 10 nitrogen and oxygen atoms in total. The minimum Gasteiger partial charge on any atom is -0.457 e. The van der Waals surface area contributed by atoms with Crippen molar-refractivity contribution in [3.05, 3.63) is 82.9 Å². The van der Waals surface area contributed by atoms with E-state index in [0.717, 1.165) is 18.4 Å². The molecule has 220 valence electrons. The lowest BCUT2D eigenvalue weighted by Crippen LogP contribution is -2.39. The van der Waals surface area contributed by atoms with Crippen molar-refractivity contribution >= 4 is 56.5 Å². The van der Waals surface area contributed by atoms with Crippen molar-refractivity contribution in [2.75, 3.05) is 23.3 Å². The molecular formula is C33H28N6O4S. The van der Waals surface area contributed by atoms with Crippen molar-refractivity contribution < 1.29 is 19.1 Å². The number of anilines is 3. The van der Waals surface area contributed by atoms with Gasteiger partial charge in [0.1, 0.15) is 32.8 Å². The largest absolute Gasteiger partial charge is 0.457 e. The third-order valence-corrected chi connectivity index (χ3v) is 9.12. The Balaban J connectivity index is 1.12. The molecule has 1 saturated heterocycles. The van der Waals surface area contributed by atoms with Gasteiger partial charge >= 0.3 is 6.03 Å². The number of thiophene rings is 1. The number of nitrogens with one attached hydrogen (secondary N) is 2. The standard InChI is InChI=1S/C33H28N6O4S/c1-19-15-24(43-23-5-3-2-4-6-23)9-10-25(19)39-26-11-13-35-31-27(26)28(37-33(39)42)29(44-31)30(40)36-22-12-14-38(18-22)32(41)21(17-34)16-20-7-8-20/h2-6,9-11,13,15-16,20,22H,7-8,12,14,18H2,1H3,(H,36,40)(H,37,42). The molecular weight excluding hydrogens is 576 g/mol. The van der Waals surface area contributed by atoms with Crippen LogP contribution in [0.25, 0.3) is 10.2 Å². The lowest BCUT2D eigenvalue weighted by Gasteiger charge is -2.29. The molecule has 7 rings (SSSR count). The number of urea groups is 1. The van der Waals surface area contributed by atoms with E-state index in [-0.39, 0.29) is 29.5 Å². The summed E-state index contributed by atoms with van der Waals surface area (Å²) in [6, 6.07) is 18.2. The minimum atomic E-state index is -0.388. The maximum absolute atomic E-state index is 13.6. The van der Waals surface area contributed by atoms with Gasteiger partial charge in [-0.2, -0.15) is 5.26 Å². The molecule has 1 saturated carbocycles. The molecule has 2 aromatic carbocycles. The number of nitriles is 1. The second-order valence-electron chi connectivity index (χ2n) is 11.2. The average Bonchev–Trinajstić information content (AvgIpc) is 3.60. The van der Waals surface area contributed by atoms with E-state index < -0.39 is 0 Å². The highest BCUT2D eigenvalue weighted by Crippen LogP contribution is 2.46. The van der Waals surface area contributed by atoms with Crippen LogP contribution in [0, 0.1) is 24.2 Å². The number of para-hydroxylation sites is 1. The molecule has 0 radical (unpaired) electrons. The molecule has 1 unspecified atom stereocenters. The lowest BCUT2D eigenvalue weighted by atomic mass is 10.1. The Hall–Kier alpha value is -5.21. The van der Waals surface area contributed by atoms with Crippen molar-refractivity contribution in [1.82, 2.24) is 15.2 Å². The van der Waals surface area contributed by atoms with Crippen LogP contribution < -0.4 is 20.3 Å². The first-order valence-electron chi connectivity index (χ1n) is 14.5. The Labute approximate surface area is 257 Å². The van der Waals surface area contributed by atoms with E-state index in [1.54, 1.807) is 28.1 Å². The maximum Gasteiger partial charge on any atom is 0.331 e. The number of rotatable bonds is 7. The molecule has 1 atom stereocenters. The van der Waals surface area contributed by atoms with Gasteiger partial charge < -0.3 is 20.3 Å². The fraction of sp³-hybridized carbons (Fsp3) is 0.242. The van der Waals surface area contributed by atoms with Crippen LogP contribution in [-0.2, 0) is 4.79 Å². The van der Waals surface area contributed by atoms with Gasteiger partial charge in [0.2, 0.25) is 0 Å². The summed E-state index contributed by atoms with van der Waals surface area (Å²) in [6.07, 6.45) is 5.99. The van der Waals surface area contributed by atoms with E-state index in [4.69, 9.17) is 4.74 Å². The first kappa shape index (κ1) is 27.6. The highest BCUT2D eigenvalue weighted by Gasteiger charge is 2.35. The number of allylic oxidation sites excluding steroid dienone is 1. The number of aromatic nitrogens is 1. The number of carbonyl (C=O) groups excluding carboxylic acids is 3. The summed E-state index contributed by atoms with van der Waals surface area (Å²) in [7, 11) is 0. The van der Waals surface area contributed by atoms with Crippen LogP contribution in [0.15, 0.2) is 72.4 Å². The van der Waals surface area contributed by atoms with Gasteiger partial charge in [-0.15, -0.1) is 11.3 Å². The summed E-state index contributed by atoms with van der Waals surface area (Å²) < 4.78 is 5.97. The number of benzene rings is 2. The molecule has 44 heavy (non-hydrogen) atoms. The molecule has 1 aliphatic carbocycles. The van der Waals surface area contributed by atoms with E-state index in [2.05, 4.69) is 15.6 Å². The smallest absolute Gasteiger partial charge is 0.331 e. The van der Waals surface area contributed by atoms with Gasteiger partial charge in [-0.25, -0.2) is 9.78 Å². The van der Waals surface area contributed by atoms with Gasteiger partial charge in [-0.3, -0.25) is 14.5 Å². The van der Waals surface area contributed by atoms with E-state index in [9.17, 15) is 19.6 Å². The van der Waals surface area contributed by atoms with E-state index in [1.165, 1.54) is 11.3 Å². The summed E-state index contributed by atoms with van der Waals surface area (Å²) in [6.45, 7) is 2.69. The Morgan fingerprint density at radius 1 is 1.11 bits per heavy atom. The molecule has 4 amide bonds. The fourth-order valence-electron chi connectivity index (χ4n) is 5.69. The third-order valence-electron chi connectivity index (χ3n) is 8.03. The number of hydrogen-bond acceptors (Lipinski definition) is 7. The number of ether oxygens (including phenoxy) is 1. The second kappa shape index (κ2) is 11.1. The van der Waals surface area contributed by atoms with E-state index >= 15 is 0 Å². The summed E-state index contributed by atoms with van der Waals surface area (Å²) in [4.78, 5) is 48.7.